The second kappa shape index (κ2) is 4.92. The third-order valence-electron chi connectivity index (χ3n) is 2.20. The van der Waals surface area contributed by atoms with Gasteiger partial charge in [0.2, 0.25) is 5.91 Å². The van der Waals surface area contributed by atoms with Crippen LogP contribution in [0.1, 0.15) is 13.3 Å². The molecule has 0 aromatic carbocycles. The molecule has 6 heteroatoms. The summed E-state index contributed by atoms with van der Waals surface area (Å²) in [5, 5.41) is 6.40. The minimum atomic E-state index is -0.471. The monoisotopic (exact) mass is 200 g/mol. The van der Waals surface area contributed by atoms with E-state index in [4.69, 9.17) is 0 Å². The molecular formula is C8H16N4O2. The first-order valence-corrected chi connectivity index (χ1v) is 4.68. The number of carbonyl (C=O) groups is 2. The van der Waals surface area contributed by atoms with Gasteiger partial charge in [-0.3, -0.25) is 15.5 Å². The van der Waals surface area contributed by atoms with Crippen LogP contribution in [0.4, 0.5) is 4.79 Å². The highest BCUT2D eigenvalue weighted by Crippen LogP contribution is 2.02. The van der Waals surface area contributed by atoms with Gasteiger partial charge < -0.3 is 5.32 Å². The largest absolute Gasteiger partial charge is 0.341 e. The highest BCUT2D eigenvalue weighted by atomic mass is 16.2. The van der Waals surface area contributed by atoms with Crippen molar-refractivity contribution in [3.63, 3.8) is 0 Å². The Labute approximate surface area is 83.0 Å². The van der Waals surface area contributed by atoms with Crippen LogP contribution >= 0.6 is 0 Å². The predicted molar refractivity (Wildman–Crippen MR) is 51.4 cm³/mol. The maximum Gasteiger partial charge on any atom is 0.321 e. The highest BCUT2D eigenvalue weighted by Gasteiger charge is 2.24. The summed E-state index contributed by atoms with van der Waals surface area (Å²) in [5.74, 6) is -0.293. The predicted octanol–water partition coefficient (Wildman–Crippen LogP) is -0.959. The van der Waals surface area contributed by atoms with E-state index in [1.54, 1.807) is 6.92 Å². The Hall–Kier alpha value is -1.14. The van der Waals surface area contributed by atoms with Crippen molar-refractivity contribution >= 4 is 11.9 Å². The maximum atomic E-state index is 11.4. The van der Waals surface area contributed by atoms with Gasteiger partial charge in [-0.15, -0.1) is 0 Å². The van der Waals surface area contributed by atoms with E-state index in [0.717, 1.165) is 19.5 Å². The molecule has 6 nitrogen and oxygen atoms in total. The molecule has 0 bridgehead atoms. The minimum Gasteiger partial charge on any atom is -0.341 e. The number of hydrazine groups is 1. The van der Waals surface area contributed by atoms with Crippen molar-refractivity contribution in [1.29, 1.82) is 0 Å². The van der Waals surface area contributed by atoms with E-state index < -0.39 is 6.03 Å². The zero-order valence-electron chi connectivity index (χ0n) is 8.46. The first-order valence-electron chi connectivity index (χ1n) is 4.68. The van der Waals surface area contributed by atoms with Crippen LogP contribution in [-0.2, 0) is 4.79 Å². The molecule has 1 saturated heterocycles. The lowest BCUT2D eigenvalue weighted by Crippen LogP contribution is -2.51. The SMILES string of the molecule is CNC(=O)NC(=O)C(C)N1CCCN1. The third-order valence-corrected chi connectivity index (χ3v) is 2.20. The first kappa shape index (κ1) is 10.9. The fourth-order valence-corrected chi connectivity index (χ4v) is 1.30. The smallest absolute Gasteiger partial charge is 0.321 e. The quantitative estimate of drug-likeness (QED) is 0.537. The van der Waals surface area contributed by atoms with Crippen LogP contribution in [0.15, 0.2) is 0 Å². The number of carbonyl (C=O) groups excluding carboxylic acids is 2. The van der Waals surface area contributed by atoms with E-state index in [0.29, 0.717) is 0 Å². The van der Waals surface area contributed by atoms with Crippen LogP contribution < -0.4 is 16.1 Å². The van der Waals surface area contributed by atoms with E-state index in [1.807, 2.05) is 5.01 Å². The van der Waals surface area contributed by atoms with Crippen molar-refractivity contribution in [3.05, 3.63) is 0 Å². The molecule has 0 aromatic rings. The number of hydrogen-bond acceptors (Lipinski definition) is 4. The van der Waals surface area contributed by atoms with E-state index in [9.17, 15) is 9.59 Å². The van der Waals surface area contributed by atoms with Crippen LogP contribution in [-0.4, -0.2) is 43.1 Å². The third kappa shape index (κ3) is 2.68. The second-order valence-corrected chi connectivity index (χ2v) is 3.20. The number of urea groups is 1. The molecule has 1 fully saturated rings. The molecule has 0 aliphatic carbocycles. The van der Waals surface area contributed by atoms with Crippen molar-refractivity contribution < 1.29 is 9.59 Å². The molecule has 3 amide bonds. The van der Waals surface area contributed by atoms with Crippen LogP contribution in [0.3, 0.4) is 0 Å². The molecule has 0 saturated carbocycles. The molecule has 3 N–H and O–H groups in total. The normalized spacial score (nSPS) is 19.0. The maximum absolute atomic E-state index is 11.4. The zero-order chi connectivity index (χ0) is 10.6. The van der Waals surface area contributed by atoms with Gasteiger partial charge in [0.1, 0.15) is 6.04 Å². The Bertz CT molecular complexity index is 225. The van der Waals surface area contributed by atoms with Gasteiger partial charge in [-0.25, -0.2) is 9.80 Å². The van der Waals surface area contributed by atoms with Gasteiger partial charge in [0.15, 0.2) is 0 Å². The van der Waals surface area contributed by atoms with Crippen LogP contribution in [0.25, 0.3) is 0 Å². The van der Waals surface area contributed by atoms with Gasteiger partial charge in [0, 0.05) is 20.1 Å². The number of nitrogens with one attached hydrogen (secondary N) is 3. The number of imide groups is 1. The van der Waals surface area contributed by atoms with E-state index in [2.05, 4.69) is 16.1 Å². The van der Waals surface area contributed by atoms with Gasteiger partial charge in [-0.05, 0) is 13.3 Å². The van der Waals surface area contributed by atoms with E-state index in [-0.39, 0.29) is 11.9 Å². The molecule has 1 aliphatic rings. The average Bonchev–Trinajstić information content (AvgIpc) is 2.69. The van der Waals surface area contributed by atoms with Crippen molar-refractivity contribution in [2.75, 3.05) is 20.1 Å². The topological polar surface area (TPSA) is 73.5 Å². The van der Waals surface area contributed by atoms with Crippen LogP contribution in [0, 0.1) is 0 Å². The lowest BCUT2D eigenvalue weighted by Gasteiger charge is -2.22. The molecule has 0 aromatic heterocycles. The number of rotatable bonds is 2. The fraction of sp³-hybridized carbons (Fsp3) is 0.750. The molecule has 14 heavy (non-hydrogen) atoms. The van der Waals surface area contributed by atoms with Crippen molar-refractivity contribution in [2.24, 2.45) is 0 Å². The van der Waals surface area contributed by atoms with Gasteiger partial charge in [0.25, 0.3) is 0 Å². The summed E-state index contributed by atoms with van der Waals surface area (Å²) in [6.07, 6.45) is 1.03. The number of amides is 3. The fourth-order valence-electron chi connectivity index (χ4n) is 1.30. The van der Waals surface area contributed by atoms with Crippen molar-refractivity contribution in [2.45, 2.75) is 19.4 Å². The molecule has 1 heterocycles. The minimum absolute atomic E-state index is 0.293. The summed E-state index contributed by atoms with van der Waals surface area (Å²) < 4.78 is 0. The second-order valence-electron chi connectivity index (χ2n) is 3.20. The lowest BCUT2D eigenvalue weighted by molar-refractivity contribution is -0.125. The van der Waals surface area contributed by atoms with Gasteiger partial charge in [-0.2, -0.15) is 0 Å². The van der Waals surface area contributed by atoms with Crippen LogP contribution in [0.2, 0.25) is 0 Å². The van der Waals surface area contributed by atoms with Crippen LogP contribution in [0.5, 0.6) is 0 Å². The Kier molecular flexibility index (Phi) is 3.84. The summed E-state index contributed by atoms with van der Waals surface area (Å²) in [6.45, 7) is 3.48. The Morgan fingerprint density at radius 1 is 1.50 bits per heavy atom. The van der Waals surface area contributed by atoms with E-state index >= 15 is 0 Å². The highest BCUT2D eigenvalue weighted by molar-refractivity contribution is 5.96. The average molecular weight is 200 g/mol. The Morgan fingerprint density at radius 3 is 2.71 bits per heavy atom. The summed E-state index contributed by atoms with van der Waals surface area (Å²) >= 11 is 0. The van der Waals surface area contributed by atoms with Crippen molar-refractivity contribution in [1.82, 2.24) is 21.1 Å². The molecule has 1 atom stereocenters. The van der Waals surface area contributed by atoms with Gasteiger partial charge in [-0.1, -0.05) is 0 Å². The molecule has 1 rings (SSSR count). The summed E-state index contributed by atoms with van der Waals surface area (Å²) in [4.78, 5) is 22.3. The molecule has 1 unspecified atom stereocenters. The van der Waals surface area contributed by atoms with Crippen molar-refractivity contribution in [3.8, 4) is 0 Å². The molecule has 0 radical (unpaired) electrons. The Balaban J connectivity index is 2.39. The zero-order valence-corrected chi connectivity index (χ0v) is 8.46. The molecule has 80 valence electrons. The molecule has 1 aliphatic heterocycles. The van der Waals surface area contributed by atoms with E-state index in [1.165, 1.54) is 7.05 Å². The molecular weight excluding hydrogens is 184 g/mol. The lowest BCUT2D eigenvalue weighted by atomic mass is 10.3. The summed E-state index contributed by atoms with van der Waals surface area (Å²) in [6, 6.07) is -0.796. The number of hydrogen-bond donors (Lipinski definition) is 3. The molecule has 0 spiro atoms. The summed E-state index contributed by atoms with van der Waals surface area (Å²) in [5.41, 5.74) is 3.07. The standard InChI is InChI=1S/C8H16N4O2/c1-6(12-5-3-4-10-12)7(13)11-8(14)9-2/h6,10H,3-5H2,1-2H3,(H2,9,11,13,14). The van der Waals surface area contributed by atoms with Gasteiger partial charge in [0.05, 0.1) is 0 Å². The van der Waals surface area contributed by atoms with Gasteiger partial charge >= 0.3 is 6.03 Å². The summed E-state index contributed by atoms with van der Waals surface area (Å²) in [7, 11) is 1.47. The first-order chi connectivity index (χ1) is 6.65. The number of nitrogens with zero attached hydrogens (tertiary/aromatic N) is 1. The Morgan fingerprint density at radius 2 is 2.21 bits per heavy atom.